The van der Waals surface area contributed by atoms with E-state index in [1.165, 1.54) is 12.1 Å². The van der Waals surface area contributed by atoms with Gasteiger partial charge in [0, 0.05) is 17.1 Å². The van der Waals surface area contributed by atoms with Crippen LogP contribution >= 0.6 is 27.5 Å². The van der Waals surface area contributed by atoms with E-state index in [1.54, 1.807) is 12.1 Å². The second kappa shape index (κ2) is 7.78. The predicted octanol–water partition coefficient (Wildman–Crippen LogP) is 5.53. The van der Waals surface area contributed by atoms with E-state index in [-0.39, 0.29) is 5.82 Å². The summed E-state index contributed by atoms with van der Waals surface area (Å²) >= 11 is 9.34. The molecule has 0 spiro atoms. The van der Waals surface area contributed by atoms with Crippen LogP contribution in [0.15, 0.2) is 40.9 Å². The molecule has 0 saturated heterocycles. The Morgan fingerprint density at radius 3 is 2.67 bits per heavy atom. The molecule has 0 aliphatic rings. The van der Waals surface area contributed by atoms with Crippen LogP contribution in [-0.2, 0) is 6.54 Å². The summed E-state index contributed by atoms with van der Waals surface area (Å²) in [5.41, 5.74) is 0.965. The summed E-state index contributed by atoms with van der Waals surface area (Å²) in [6.07, 6.45) is 1.06. The van der Waals surface area contributed by atoms with Crippen LogP contribution < -0.4 is 10.1 Å². The Morgan fingerprint density at radius 1 is 1.19 bits per heavy atom. The molecule has 0 saturated carbocycles. The summed E-state index contributed by atoms with van der Waals surface area (Å²) in [4.78, 5) is 0. The predicted molar refractivity (Wildman–Crippen MR) is 87.6 cm³/mol. The van der Waals surface area contributed by atoms with Crippen molar-refractivity contribution in [3.63, 3.8) is 0 Å². The van der Waals surface area contributed by atoms with Crippen molar-refractivity contribution in [1.82, 2.24) is 5.32 Å². The Morgan fingerprint density at radius 2 is 1.95 bits per heavy atom. The lowest BCUT2D eigenvalue weighted by atomic mass is 10.2. The molecule has 0 aromatic heterocycles. The summed E-state index contributed by atoms with van der Waals surface area (Å²) in [6, 6.07) is 9.80. The van der Waals surface area contributed by atoms with Gasteiger partial charge in [-0.15, -0.1) is 0 Å². The zero-order chi connectivity index (χ0) is 15.2. The van der Waals surface area contributed by atoms with Crippen LogP contribution in [0.3, 0.4) is 0 Å². The largest absolute Gasteiger partial charge is 0.456 e. The van der Waals surface area contributed by atoms with E-state index in [4.69, 9.17) is 16.3 Å². The first-order chi connectivity index (χ1) is 10.1. The Balaban J connectivity index is 2.22. The van der Waals surface area contributed by atoms with E-state index in [0.29, 0.717) is 27.5 Å². The number of rotatable bonds is 6. The van der Waals surface area contributed by atoms with Crippen molar-refractivity contribution in [2.75, 3.05) is 6.54 Å². The molecule has 112 valence electrons. The van der Waals surface area contributed by atoms with E-state index < -0.39 is 0 Å². The van der Waals surface area contributed by atoms with E-state index in [9.17, 15) is 4.39 Å². The van der Waals surface area contributed by atoms with Crippen molar-refractivity contribution in [1.29, 1.82) is 0 Å². The van der Waals surface area contributed by atoms with Gasteiger partial charge in [0.05, 0.1) is 4.47 Å². The third kappa shape index (κ3) is 4.70. The number of halogens is 3. The summed E-state index contributed by atoms with van der Waals surface area (Å²) in [6.45, 7) is 3.70. The lowest BCUT2D eigenvalue weighted by Crippen LogP contribution is -2.14. The number of nitrogens with one attached hydrogen (secondary N) is 1. The van der Waals surface area contributed by atoms with Gasteiger partial charge in [-0.25, -0.2) is 4.39 Å². The lowest BCUT2D eigenvalue weighted by molar-refractivity contribution is 0.468. The first kappa shape index (κ1) is 16.3. The molecule has 0 fully saturated rings. The molecular formula is C16H16BrClFNO. The quantitative estimate of drug-likeness (QED) is 0.673. The maximum atomic E-state index is 13.1. The van der Waals surface area contributed by atoms with Gasteiger partial charge in [-0.3, -0.25) is 0 Å². The number of benzene rings is 2. The highest BCUT2D eigenvalue weighted by molar-refractivity contribution is 9.10. The van der Waals surface area contributed by atoms with Crippen LogP contribution in [0.5, 0.6) is 11.5 Å². The summed E-state index contributed by atoms with van der Waals surface area (Å²) in [5, 5.41) is 3.98. The summed E-state index contributed by atoms with van der Waals surface area (Å²) < 4.78 is 19.6. The minimum absolute atomic E-state index is 0.310. The second-order valence-electron chi connectivity index (χ2n) is 4.61. The molecule has 2 aromatic rings. The zero-order valence-electron chi connectivity index (χ0n) is 11.6. The maximum Gasteiger partial charge on any atom is 0.141 e. The summed E-state index contributed by atoms with van der Waals surface area (Å²) in [7, 11) is 0. The van der Waals surface area contributed by atoms with Crippen LogP contribution in [0.25, 0.3) is 0 Å². The molecular weight excluding hydrogens is 357 g/mol. The molecule has 0 unspecified atom stereocenters. The molecule has 0 aliphatic carbocycles. The molecule has 0 atom stereocenters. The van der Waals surface area contributed by atoms with Gasteiger partial charge in [0.25, 0.3) is 0 Å². The molecule has 0 amide bonds. The smallest absolute Gasteiger partial charge is 0.141 e. The maximum absolute atomic E-state index is 13.1. The highest BCUT2D eigenvalue weighted by atomic mass is 79.9. The Labute approximate surface area is 137 Å². The van der Waals surface area contributed by atoms with Gasteiger partial charge in [-0.1, -0.05) is 18.5 Å². The van der Waals surface area contributed by atoms with Crippen LogP contribution in [0, 0.1) is 5.82 Å². The van der Waals surface area contributed by atoms with Crippen molar-refractivity contribution < 1.29 is 9.13 Å². The Kier molecular flexibility index (Phi) is 6.03. The molecule has 0 aliphatic heterocycles. The molecule has 2 aromatic carbocycles. The van der Waals surface area contributed by atoms with Crippen LogP contribution in [0.4, 0.5) is 4.39 Å². The van der Waals surface area contributed by atoms with E-state index in [1.807, 2.05) is 12.1 Å². The van der Waals surface area contributed by atoms with Crippen LogP contribution in [0.1, 0.15) is 18.9 Å². The minimum Gasteiger partial charge on any atom is -0.456 e. The van der Waals surface area contributed by atoms with Crippen molar-refractivity contribution in [2.45, 2.75) is 19.9 Å². The Hall–Kier alpha value is -1.10. The second-order valence-corrected chi connectivity index (χ2v) is 5.90. The van der Waals surface area contributed by atoms with Crippen molar-refractivity contribution in [3.8, 4) is 11.5 Å². The Bertz CT molecular complexity index is 621. The lowest BCUT2D eigenvalue weighted by Gasteiger charge is -2.13. The SMILES string of the molecule is CCCNCc1cc(Cl)ccc1Oc1ccc(F)cc1Br. The molecule has 2 rings (SSSR count). The molecule has 0 bridgehead atoms. The number of ether oxygens (including phenoxy) is 1. The third-order valence-corrected chi connectivity index (χ3v) is 3.73. The van der Waals surface area contributed by atoms with Gasteiger partial charge in [0.2, 0.25) is 0 Å². The average Bonchev–Trinajstić information content (AvgIpc) is 2.44. The van der Waals surface area contributed by atoms with Crippen molar-refractivity contribution >= 4 is 27.5 Å². The molecule has 5 heteroatoms. The van der Waals surface area contributed by atoms with Crippen molar-refractivity contribution in [2.24, 2.45) is 0 Å². The van der Waals surface area contributed by atoms with Gasteiger partial charge in [-0.05, 0) is 65.3 Å². The number of hydrogen-bond donors (Lipinski definition) is 1. The number of hydrogen-bond acceptors (Lipinski definition) is 2. The average molecular weight is 373 g/mol. The standard InChI is InChI=1S/C16H16BrClFNO/c1-2-7-20-10-11-8-12(18)3-5-15(11)21-16-6-4-13(19)9-14(16)17/h3-6,8-9,20H,2,7,10H2,1H3. The molecule has 2 nitrogen and oxygen atoms in total. The van der Waals surface area contributed by atoms with Crippen LogP contribution in [0.2, 0.25) is 5.02 Å². The minimum atomic E-state index is -0.310. The first-order valence-corrected chi connectivity index (χ1v) is 7.89. The molecule has 0 radical (unpaired) electrons. The van der Waals surface area contributed by atoms with E-state index in [0.717, 1.165) is 18.5 Å². The fourth-order valence-electron chi connectivity index (χ4n) is 1.86. The van der Waals surface area contributed by atoms with Gasteiger partial charge in [0.1, 0.15) is 17.3 Å². The zero-order valence-corrected chi connectivity index (χ0v) is 14.0. The van der Waals surface area contributed by atoms with Crippen molar-refractivity contribution in [3.05, 3.63) is 57.3 Å². The molecule has 21 heavy (non-hydrogen) atoms. The van der Waals surface area contributed by atoms with Crippen LogP contribution in [-0.4, -0.2) is 6.54 Å². The van der Waals surface area contributed by atoms with E-state index >= 15 is 0 Å². The first-order valence-electron chi connectivity index (χ1n) is 6.72. The topological polar surface area (TPSA) is 21.3 Å². The highest BCUT2D eigenvalue weighted by Crippen LogP contribution is 2.33. The van der Waals surface area contributed by atoms with Gasteiger partial charge >= 0.3 is 0 Å². The summed E-state index contributed by atoms with van der Waals surface area (Å²) in [5.74, 6) is 0.959. The molecule has 0 heterocycles. The van der Waals surface area contributed by atoms with Gasteiger partial charge in [0.15, 0.2) is 0 Å². The molecule has 1 N–H and O–H groups in total. The fraction of sp³-hybridized carbons (Fsp3) is 0.250. The monoisotopic (exact) mass is 371 g/mol. The third-order valence-electron chi connectivity index (χ3n) is 2.88. The highest BCUT2D eigenvalue weighted by Gasteiger charge is 2.09. The van der Waals surface area contributed by atoms with E-state index in [2.05, 4.69) is 28.2 Å². The normalized spacial score (nSPS) is 10.7. The fourth-order valence-corrected chi connectivity index (χ4v) is 2.49. The van der Waals surface area contributed by atoms with Gasteiger partial charge in [-0.2, -0.15) is 0 Å². The van der Waals surface area contributed by atoms with Gasteiger partial charge < -0.3 is 10.1 Å².